The predicted octanol–water partition coefficient (Wildman–Crippen LogP) is 5.21. The lowest BCUT2D eigenvalue weighted by atomic mass is 10.0. The van der Waals surface area contributed by atoms with Gasteiger partial charge in [-0.2, -0.15) is 5.10 Å². The third kappa shape index (κ3) is 4.69. The number of hydrogen-bond acceptors (Lipinski definition) is 6. The first kappa shape index (κ1) is 20.1. The molecule has 0 radical (unpaired) electrons. The normalized spacial score (nSPS) is 11.1. The highest BCUT2D eigenvalue weighted by Crippen LogP contribution is 2.28. The second-order valence-electron chi connectivity index (χ2n) is 6.35. The van der Waals surface area contributed by atoms with Gasteiger partial charge >= 0.3 is 0 Å². The number of carbonyl (C=O) groups excluding carboxylic acids is 1. The van der Waals surface area contributed by atoms with Gasteiger partial charge in [-0.05, 0) is 16.8 Å². The Morgan fingerprint density at radius 1 is 1.13 bits per heavy atom. The fourth-order valence-electron chi connectivity index (χ4n) is 2.98. The molecule has 30 heavy (non-hydrogen) atoms. The lowest BCUT2D eigenvalue weighted by Gasteiger charge is -2.08. The molecular formula is C23H19N3O2S2. The summed E-state index contributed by atoms with van der Waals surface area (Å²) in [6, 6.07) is 21.9. The molecule has 0 aliphatic carbocycles. The number of ether oxygens (including phenoxy) is 1. The van der Waals surface area contributed by atoms with E-state index in [0.29, 0.717) is 5.75 Å². The van der Waals surface area contributed by atoms with Crippen LogP contribution in [0.2, 0.25) is 0 Å². The van der Waals surface area contributed by atoms with Gasteiger partial charge in [0.15, 0.2) is 4.34 Å². The number of thiazole rings is 1. The van der Waals surface area contributed by atoms with Gasteiger partial charge in [0.2, 0.25) is 0 Å². The predicted molar refractivity (Wildman–Crippen MR) is 125 cm³/mol. The van der Waals surface area contributed by atoms with E-state index in [0.717, 1.165) is 31.9 Å². The number of methoxy groups -OCH3 is 1. The molecule has 5 nitrogen and oxygen atoms in total. The Balaban J connectivity index is 1.37. The number of carbonyl (C=O) groups is 1. The summed E-state index contributed by atoms with van der Waals surface area (Å²) in [4.78, 5) is 16.8. The van der Waals surface area contributed by atoms with E-state index in [-0.39, 0.29) is 11.7 Å². The van der Waals surface area contributed by atoms with Crippen LogP contribution in [0, 0.1) is 0 Å². The Morgan fingerprint density at radius 3 is 2.77 bits per heavy atom. The van der Waals surface area contributed by atoms with Crippen LogP contribution >= 0.6 is 23.1 Å². The van der Waals surface area contributed by atoms with Crippen molar-refractivity contribution in [3.8, 4) is 17.0 Å². The van der Waals surface area contributed by atoms with Crippen LogP contribution in [0.15, 0.2) is 81.6 Å². The van der Waals surface area contributed by atoms with Gasteiger partial charge in [0.25, 0.3) is 5.91 Å². The zero-order chi connectivity index (χ0) is 20.8. The zero-order valence-electron chi connectivity index (χ0n) is 16.2. The van der Waals surface area contributed by atoms with E-state index in [1.807, 2.05) is 72.1 Å². The molecule has 0 fully saturated rings. The third-order valence-corrected chi connectivity index (χ3v) is 6.43. The first-order chi connectivity index (χ1) is 14.7. The molecule has 0 aliphatic heterocycles. The minimum absolute atomic E-state index is 0.188. The van der Waals surface area contributed by atoms with Crippen molar-refractivity contribution < 1.29 is 9.53 Å². The van der Waals surface area contributed by atoms with E-state index >= 15 is 0 Å². The van der Waals surface area contributed by atoms with Gasteiger partial charge in [0, 0.05) is 16.5 Å². The molecule has 4 aromatic rings. The Kier molecular flexibility index (Phi) is 6.41. The van der Waals surface area contributed by atoms with Gasteiger partial charge in [-0.15, -0.1) is 11.3 Å². The van der Waals surface area contributed by atoms with E-state index in [9.17, 15) is 4.79 Å². The quantitative estimate of drug-likeness (QED) is 0.247. The number of amides is 1. The highest BCUT2D eigenvalue weighted by atomic mass is 32.2. The molecule has 1 N–H and O–H groups in total. The van der Waals surface area contributed by atoms with Crippen LogP contribution in [0.25, 0.3) is 22.0 Å². The summed E-state index contributed by atoms with van der Waals surface area (Å²) in [5.41, 5.74) is 5.41. The van der Waals surface area contributed by atoms with Crippen molar-refractivity contribution in [2.24, 2.45) is 5.10 Å². The molecule has 1 amide bonds. The molecule has 1 aromatic heterocycles. The summed E-state index contributed by atoms with van der Waals surface area (Å²) in [6.45, 7) is 0. The molecule has 0 unspecified atom stereocenters. The van der Waals surface area contributed by atoms with Crippen LogP contribution < -0.4 is 10.2 Å². The van der Waals surface area contributed by atoms with Crippen molar-refractivity contribution in [2.45, 2.75) is 4.34 Å². The van der Waals surface area contributed by atoms with Crippen LogP contribution in [0.4, 0.5) is 0 Å². The Morgan fingerprint density at radius 2 is 1.93 bits per heavy atom. The standard InChI is InChI=1S/C23H19N3O2S2/c1-28-21-12-11-16-7-5-6-10-18(16)19(21)13-24-26-22(27)15-30-23-25-20(14-29-23)17-8-3-2-4-9-17/h2-14H,15H2,1H3,(H,26,27)/b24-13+. The van der Waals surface area contributed by atoms with Crippen LogP contribution in [0.1, 0.15) is 5.56 Å². The first-order valence-electron chi connectivity index (χ1n) is 9.26. The summed E-state index contributed by atoms with van der Waals surface area (Å²) in [5, 5.41) is 8.23. The molecular weight excluding hydrogens is 414 g/mol. The number of nitrogens with one attached hydrogen (secondary N) is 1. The maximum absolute atomic E-state index is 12.2. The maximum Gasteiger partial charge on any atom is 0.250 e. The summed E-state index contributed by atoms with van der Waals surface area (Å²) in [5.74, 6) is 0.760. The van der Waals surface area contributed by atoms with E-state index in [1.54, 1.807) is 13.3 Å². The zero-order valence-corrected chi connectivity index (χ0v) is 17.9. The molecule has 0 atom stereocenters. The summed E-state index contributed by atoms with van der Waals surface area (Å²) in [6.07, 6.45) is 1.63. The average Bonchev–Trinajstić information content (AvgIpc) is 3.27. The largest absolute Gasteiger partial charge is 0.496 e. The lowest BCUT2D eigenvalue weighted by Crippen LogP contribution is -2.19. The van der Waals surface area contributed by atoms with Crippen molar-refractivity contribution in [2.75, 3.05) is 12.9 Å². The number of benzene rings is 3. The number of aromatic nitrogens is 1. The Labute approximate surface area is 182 Å². The number of thioether (sulfide) groups is 1. The van der Waals surface area contributed by atoms with E-state index in [2.05, 4.69) is 15.5 Å². The summed E-state index contributed by atoms with van der Waals surface area (Å²) >= 11 is 2.93. The number of hydrazone groups is 1. The van der Waals surface area contributed by atoms with Gasteiger partial charge in [-0.1, -0.05) is 72.4 Å². The second-order valence-corrected chi connectivity index (χ2v) is 8.43. The molecule has 0 bridgehead atoms. The number of rotatable bonds is 7. The fraction of sp³-hybridized carbons (Fsp3) is 0.0870. The maximum atomic E-state index is 12.2. The molecule has 0 aliphatic rings. The monoisotopic (exact) mass is 433 g/mol. The van der Waals surface area contributed by atoms with Gasteiger partial charge < -0.3 is 4.74 Å². The second kappa shape index (κ2) is 9.56. The van der Waals surface area contributed by atoms with Crippen molar-refractivity contribution in [3.05, 3.63) is 77.7 Å². The van der Waals surface area contributed by atoms with Crippen LogP contribution in [0.5, 0.6) is 5.75 Å². The molecule has 1 heterocycles. The first-order valence-corrected chi connectivity index (χ1v) is 11.1. The van der Waals surface area contributed by atoms with Crippen LogP contribution in [-0.4, -0.2) is 30.0 Å². The highest BCUT2D eigenvalue weighted by Gasteiger charge is 2.09. The lowest BCUT2D eigenvalue weighted by molar-refractivity contribution is -0.118. The summed E-state index contributed by atoms with van der Waals surface area (Å²) in [7, 11) is 1.62. The number of nitrogens with zero attached hydrogens (tertiary/aromatic N) is 2. The molecule has 0 saturated heterocycles. The molecule has 150 valence electrons. The Bertz CT molecular complexity index is 1190. The van der Waals surface area contributed by atoms with Crippen molar-refractivity contribution >= 4 is 46.0 Å². The molecule has 0 spiro atoms. The van der Waals surface area contributed by atoms with Gasteiger partial charge in [0.05, 0.1) is 24.8 Å². The molecule has 4 rings (SSSR count). The average molecular weight is 434 g/mol. The Hall–Kier alpha value is -3.16. The van der Waals surface area contributed by atoms with Crippen LogP contribution in [-0.2, 0) is 4.79 Å². The van der Waals surface area contributed by atoms with Gasteiger partial charge in [0.1, 0.15) is 5.75 Å². The van der Waals surface area contributed by atoms with E-state index < -0.39 is 0 Å². The smallest absolute Gasteiger partial charge is 0.250 e. The van der Waals surface area contributed by atoms with Crippen LogP contribution in [0.3, 0.4) is 0 Å². The van der Waals surface area contributed by atoms with Crippen molar-refractivity contribution in [1.29, 1.82) is 0 Å². The fourth-order valence-corrected chi connectivity index (χ4v) is 4.61. The van der Waals surface area contributed by atoms with Crippen molar-refractivity contribution in [1.82, 2.24) is 10.4 Å². The minimum atomic E-state index is -0.188. The summed E-state index contributed by atoms with van der Waals surface area (Å²) < 4.78 is 6.29. The van der Waals surface area contributed by atoms with Crippen molar-refractivity contribution in [3.63, 3.8) is 0 Å². The topological polar surface area (TPSA) is 63.6 Å². The number of hydrogen-bond donors (Lipinski definition) is 1. The van der Waals surface area contributed by atoms with E-state index in [4.69, 9.17) is 4.74 Å². The minimum Gasteiger partial charge on any atom is -0.496 e. The number of fused-ring (bicyclic) bond motifs is 1. The molecule has 7 heteroatoms. The highest BCUT2D eigenvalue weighted by molar-refractivity contribution is 8.01. The van der Waals surface area contributed by atoms with Gasteiger partial charge in [-0.25, -0.2) is 10.4 Å². The molecule has 0 saturated carbocycles. The van der Waals surface area contributed by atoms with Gasteiger partial charge in [-0.3, -0.25) is 4.79 Å². The molecule has 3 aromatic carbocycles. The SMILES string of the molecule is COc1ccc2ccccc2c1/C=N/NC(=O)CSc1nc(-c2ccccc2)cs1. The third-order valence-electron chi connectivity index (χ3n) is 4.41. The van der Waals surface area contributed by atoms with E-state index in [1.165, 1.54) is 23.1 Å².